The molecule has 0 aliphatic rings. The van der Waals surface area contributed by atoms with Gasteiger partial charge in [0.1, 0.15) is 11.0 Å². The normalized spacial score (nSPS) is 11.7. The van der Waals surface area contributed by atoms with Crippen LogP contribution in [0.15, 0.2) is 36.4 Å². The molecule has 8 heteroatoms. The highest BCUT2D eigenvalue weighted by Crippen LogP contribution is 2.24. The number of sulfonamides is 1. The topological polar surface area (TPSA) is 89.0 Å². The van der Waals surface area contributed by atoms with E-state index in [1.807, 2.05) is 4.72 Å². The molecule has 0 aliphatic carbocycles. The monoisotopic (exact) mass is 335 g/mol. The molecule has 1 amide bonds. The second-order valence-electron chi connectivity index (χ2n) is 4.71. The molecular weight excluding hydrogens is 326 g/mol. The fraction of sp³-hybridized carbons (Fsp3) is 0.0714. The number of nitrogens with zero attached hydrogens (tertiary/aromatic N) is 2. The van der Waals surface area contributed by atoms with Gasteiger partial charge in [0, 0.05) is 0 Å². The van der Waals surface area contributed by atoms with E-state index in [1.54, 1.807) is 30.3 Å². The van der Waals surface area contributed by atoms with Crippen molar-refractivity contribution in [3.63, 3.8) is 0 Å². The number of nitrogens with one attached hydrogen (secondary N) is 1. The Morgan fingerprint density at radius 1 is 1.05 bits per heavy atom. The molecule has 0 radical (unpaired) electrons. The molecule has 6 nitrogen and oxygen atoms in total. The molecular formula is C14H10ClN3O3S. The van der Waals surface area contributed by atoms with Crippen molar-refractivity contribution in [2.24, 2.45) is 0 Å². The molecule has 0 saturated carbocycles. The number of carbonyl (C=O) groups excluding carboxylic acids is 1. The van der Waals surface area contributed by atoms with Crippen LogP contribution in [-0.4, -0.2) is 30.5 Å². The van der Waals surface area contributed by atoms with Crippen LogP contribution in [0.1, 0.15) is 10.4 Å². The molecule has 0 fully saturated rings. The molecule has 1 N–H and O–H groups in total. The average molecular weight is 336 g/mol. The maximum absolute atomic E-state index is 12.1. The molecule has 3 rings (SSSR count). The van der Waals surface area contributed by atoms with Crippen LogP contribution in [0.5, 0.6) is 0 Å². The first kappa shape index (κ1) is 14.7. The molecule has 0 atom stereocenters. The number of hydrogen-bond acceptors (Lipinski definition) is 5. The van der Waals surface area contributed by atoms with E-state index >= 15 is 0 Å². The van der Waals surface area contributed by atoms with E-state index in [2.05, 4.69) is 9.97 Å². The maximum atomic E-state index is 12.1. The molecule has 3 aromatic rings. The lowest BCUT2D eigenvalue weighted by molar-refractivity contribution is 0.0983. The molecule has 112 valence electrons. The average Bonchev–Trinajstić information content (AvgIpc) is 2.43. The summed E-state index contributed by atoms with van der Waals surface area (Å²) in [6.07, 6.45) is 0.911. The summed E-state index contributed by atoms with van der Waals surface area (Å²) in [5.74, 6) is -0.756. The number of carbonyl (C=O) groups is 1. The molecule has 2 aromatic carbocycles. The Kier molecular flexibility index (Phi) is 3.46. The first-order valence-corrected chi connectivity index (χ1v) is 8.49. The second-order valence-corrected chi connectivity index (χ2v) is 6.86. The quantitative estimate of drug-likeness (QED) is 0.725. The molecule has 0 aliphatic heterocycles. The predicted octanol–water partition coefficient (Wildman–Crippen LogP) is 2.13. The van der Waals surface area contributed by atoms with Gasteiger partial charge in [-0.1, -0.05) is 23.7 Å². The SMILES string of the molecule is CS(=O)(=O)NC(=O)c1cccc2nc3cccc(Cl)c3nc12. The Hall–Kier alpha value is -2.25. The number of amides is 1. The van der Waals surface area contributed by atoms with E-state index in [9.17, 15) is 13.2 Å². The smallest absolute Gasteiger partial charge is 0.266 e. The summed E-state index contributed by atoms with van der Waals surface area (Å²) in [5.41, 5.74) is 1.95. The van der Waals surface area contributed by atoms with Crippen LogP contribution >= 0.6 is 11.6 Å². The molecule has 0 unspecified atom stereocenters. The van der Waals surface area contributed by atoms with Crippen molar-refractivity contribution in [3.8, 4) is 0 Å². The number of benzene rings is 2. The summed E-state index contributed by atoms with van der Waals surface area (Å²) in [6.45, 7) is 0. The zero-order chi connectivity index (χ0) is 15.9. The number of halogens is 1. The lowest BCUT2D eigenvalue weighted by atomic mass is 10.1. The van der Waals surface area contributed by atoms with Crippen LogP contribution in [0.2, 0.25) is 5.02 Å². The Morgan fingerprint density at radius 3 is 2.36 bits per heavy atom. The molecule has 0 bridgehead atoms. The third kappa shape index (κ3) is 2.72. The second kappa shape index (κ2) is 5.19. The van der Waals surface area contributed by atoms with Crippen molar-refractivity contribution < 1.29 is 13.2 Å². The van der Waals surface area contributed by atoms with E-state index in [-0.39, 0.29) is 5.56 Å². The maximum Gasteiger partial charge on any atom is 0.266 e. The first-order valence-electron chi connectivity index (χ1n) is 6.22. The van der Waals surface area contributed by atoms with Gasteiger partial charge in [-0.2, -0.15) is 0 Å². The number of fused-ring (bicyclic) bond motifs is 2. The van der Waals surface area contributed by atoms with Gasteiger partial charge in [0.05, 0.1) is 27.9 Å². The van der Waals surface area contributed by atoms with Gasteiger partial charge in [0.25, 0.3) is 5.91 Å². The van der Waals surface area contributed by atoms with Gasteiger partial charge in [-0.15, -0.1) is 0 Å². The van der Waals surface area contributed by atoms with Gasteiger partial charge < -0.3 is 0 Å². The molecule has 0 saturated heterocycles. The van der Waals surface area contributed by atoms with Gasteiger partial charge >= 0.3 is 0 Å². The third-order valence-electron chi connectivity index (χ3n) is 2.97. The number of hydrogen-bond donors (Lipinski definition) is 1. The fourth-order valence-corrected chi connectivity index (χ4v) is 2.75. The van der Waals surface area contributed by atoms with Crippen molar-refractivity contribution in [2.75, 3.05) is 6.26 Å². The van der Waals surface area contributed by atoms with Crippen LogP contribution in [-0.2, 0) is 10.0 Å². The minimum Gasteiger partial charge on any atom is -0.268 e. The van der Waals surface area contributed by atoms with Gasteiger partial charge in [0.2, 0.25) is 10.0 Å². The molecule has 22 heavy (non-hydrogen) atoms. The minimum absolute atomic E-state index is 0.122. The Morgan fingerprint density at radius 2 is 1.68 bits per heavy atom. The van der Waals surface area contributed by atoms with Crippen LogP contribution in [0.25, 0.3) is 22.1 Å². The van der Waals surface area contributed by atoms with Crippen molar-refractivity contribution >= 4 is 49.6 Å². The number of aromatic nitrogens is 2. The third-order valence-corrected chi connectivity index (χ3v) is 3.83. The van der Waals surface area contributed by atoms with Crippen molar-refractivity contribution in [3.05, 3.63) is 47.0 Å². The summed E-state index contributed by atoms with van der Waals surface area (Å²) in [6, 6.07) is 9.98. The Bertz CT molecular complexity index is 1020. The number of rotatable bonds is 2. The highest BCUT2D eigenvalue weighted by Gasteiger charge is 2.16. The van der Waals surface area contributed by atoms with Crippen molar-refractivity contribution in [1.29, 1.82) is 0 Å². The van der Waals surface area contributed by atoms with Crippen LogP contribution in [0.4, 0.5) is 0 Å². The van der Waals surface area contributed by atoms with E-state index in [4.69, 9.17) is 11.6 Å². The van der Waals surface area contributed by atoms with Gasteiger partial charge in [0.15, 0.2) is 0 Å². The van der Waals surface area contributed by atoms with Crippen molar-refractivity contribution in [2.45, 2.75) is 0 Å². The standard InChI is InChI=1S/C14H10ClN3O3S/c1-22(20,21)18-14(19)8-4-2-6-10-12(8)17-13-9(15)5-3-7-11(13)16-10/h2-7H,1H3,(H,18,19). The molecule has 1 heterocycles. The largest absolute Gasteiger partial charge is 0.268 e. The van der Waals surface area contributed by atoms with Crippen LogP contribution < -0.4 is 4.72 Å². The zero-order valence-corrected chi connectivity index (χ0v) is 12.9. The molecule has 0 spiro atoms. The predicted molar refractivity (Wildman–Crippen MR) is 84.4 cm³/mol. The van der Waals surface area contributed by atoms with Gasteiger partial charge in [-0.3, -0.25) is 4.79 Å². The van der Waals surface area contributed by atoms with Gasteiger partial charge in [-0.05, 0) is 24.3 Å². The lowest BCUT2D eigenvalue weighted by Gasteiger charge is -2.07. The zero-order valence-electron chi connectivity index (χ0n) is 11.4. The molecule has 1 aromatic heterocycles. The Balaban J connectivity index is 2.27. The lowest BCUT2D eigenvalue weighted by Crippen LogP contribution is -2.29. The Labute approximate surface area is 131 Å². The number of para-hydroxylation sites is 2. The fourth-order valence-electron chi connectivity index (χ4n) is 2.09. The van der Waals surface area contributed by atoms with E-state index in [1.165, 1.54) is 6.07 Å². The highest BCUT2D eigenvalue weighted by atomic mass is 35.5. The first-order chi connectivity index (χ1) is 10.3. The summed E-state index contributed by atoms with van der Waals surface area (Å²) in [4.78, 5) is 20.9. The van der Waals surface area contributed by atoms with E-state index < -0.39 is 15.9 Å². The summed E-state index contributed by atoms with van der Waals surface area (Å²) >= 11 is 6.10. The summed E-state index contributed by atoms with van der Waals surface area (Å²) in [7, 11) is -3.66. The van der Waals surface area contributed by atoms with Crippen molar-refractivity contribution in [1.82, 2.24) is 14.7 Å². The highest BCUT2D eigenvalue weighted by molar-refractivity contribution is 7.89. The minimum atomic E-state index is -3.66. The van der Waals surface area contributed by atoms with E-state index in [0.29, 0.717) is 27.1 Å². The van der Waals surface area contributed by atoms with Crippen LogP contribution in [0, 0.1) is 0 Å². The van der Waals surface area contributed by atoms with Gasteiger partial charge in [-0.25, -0.2) is 23.1 Å². The van der Waals surface area contributed by atoms with E-state index in [0.717, 1.165) is 6.26 Å². The van der Waals surface area contributed by atoms with Crippen LogP contribution in [0.3, 0.4) is 0 Å². The summed E-state index contributed by atoms with van der Waals surface area (Å²) < 4.78 is 24.4. The summed E-state index contributed by atoms with van der Waals surface area (Å²) in [5, 5.41) is 0.408.